The molecule has 2 saturated heterocycles. The van der Waals surface area contributed by atoms with Gasteiger partial charge >= 0.3 is 8.56 Å². The maximum absolute atomic E-state index is 12.9. The van der Waals surface area contributed by atoms with E-state index in [9.17, 15) is 9.59 Å². The molecule has 2 N–H and O–H groups in total. The third kappa shape index (κ3) is 5.49. The Kier molecular flexibility index (Phi) is 8.36. The molecule has 2 aromatic heterocycles. The average Bonchev–Trinajstić information content (AvgIpc) is 3.38. The van der Waals surface area contributed by atoms with E-state index in [0.29, 0.717) is 12.3 Å². The molecule has 2 fully saturated rings. The molecule has 0 bridgehead atoms. The lowest BCUT2D eigenvalue weighted by Crippen LogP contribution is -2.63. The van der Waals surface area contributed by atoms with Crippen LogP contribution in [0.5, 0.6) is 0 Å². The lowest BCUT2D eigenvalue weighted by atomic mass is 10.1. The fourth-order valence-electron chi connectivity index (χ4n) is 5.29. The topological polar surface area (TPSA) is 120 Å². The van der Waals surface area contributed by atoms with Crippen LogP contribution in [0.3, 0.4) is 0 Å². The molecule has 2 aromatic rings. The van der Waals surface area contributed by atoms with E-state index < -0.39 is 22.4 Å². The van der Waals surface area contributed by atoms with Gasteiger partial charge < -0.3 is 13.3 Å². The molecule has 0 aliphatic carbocycles. The number of rotatable bonds is 6. The molecule has 5 atom stereocenters. The number of imidazole rings is 1. The summed E-state index contributed by atoms with van der Waals surface area (Å²) in [5.41, 5.74) is 0.491. The molecule has 0 spiro atoms. The standard InChI is InChI=1S/C27H47N5O5SSi2/c1-15(2)22(33)30-25-29-21-18(23(34)31-25)28-14-32(21)24-20(36-39(11,12)26(5,6)7)19-17(38-24)13-35-40(37-19,16(3)4)27(8,9)10/h14-17,19-20,24H,13H2,1-12H3,(H2,29,30,31,33,34)/t17-,19-,20-,24-,40?/m1/s1. The first-order chi connectivity index (χ1) is 18.3. The highest BCUT2D eigenvalue weighted by Gasteiger charge is 2.62. The predicted octanol–water partition coefficient (Wildman–Crippen LogP) is 5.79. The van der Waals surface area contributed by atoms with Crippen LogP contribution in [0.25, 0.3) is 11.2 Å². The first kappa shape index (κ1) is 31.4. The fraction of sp³-hybridized carbons (Fsp3) is 0.778. The van der Waals surface area contributed by atoms with Gasteiger partial charge in [0.25, 0.3) is 5.56 Å². The Bertz CT molecular complexity index is 1320. The van der Waals surface area contributed by atoms with Crippen molar-refractivity contribution >= 4 is 51.7 Å². The first-order valence-corrected chi connectivity index (χ1v) is 20.0. The van der Waals surface area contributed by atoms with Crippen LogP contribution >= 0.6 is 11.8 Å². The average molecular weight is 610 g/mol. The van der Waals surface area contributed by atoms with Crippen molar-refractivity contribution in [1.82, 2.24) is 19.5 Å². The van der Waals surface area contributed by atoms with Gasteiger partial charge in [0.2, 0.25) is 11.9 Å². The van der Waals surface area contributed by atoms with E-state index in [4.69, 9.17) is 13.3 Å². The van der Waals surface area contributed by atoms with Crippen molar-refractivity contribution < 1.29 is 18.1 Å². The molecule has 4 heterocycles. The number of thioether (sulfide) groups is 1. The van der Waals surface area contributed by atoms with E-state index in [2.05, 4.69) is 88.8 Å². The quantitative estimate of drug-likeness (QED) is 0.395. The minimum atomic E-state index is -2.65. The van der Waals surface area contributed by atoms with Gasteiger partial charge in [0.1, 0.15) is 11.5 Å². The van der Waals surface area contributed by atoms with Crippen LogP contribution in [0.2, 0.25) is 28.7 Å². The fourth-order valence-corrected chi connectivity index (χ4v) is 12.7. The number of aromatic amines is 1. The number of H-pyrrole nitrogens is 1. The van der Waals surface area contributed by atoms with Gasteiger partial charge in [-0.05, 0) is 23.7 Å². The smallest absolute Gasteiger partial charge is 0.346 e. The van der Waals surface area contributed by atoms with Crippen LogP contribution in [0.1, 0.15) is 74.6 Å². The molecule has 2 aliphatic heterocycles. The molecule has 10 nitrogen and oxygen atoms in total. The summed E-state index contributed by atoms with van der Waals surface area (Å²) < 4.78 is 23.0. The number of hydrogen-bond acceptors (Lipinski definition) is 8. The second-order valence-electron chi connectivity index (χ2n) is 14.3. The van der Waals surface area contributed by atoms with Crippen molar-refractivity contribution in [2.45, 2.75) is 121 Å². The number of hydrogen-bond donors (Lipinski definition) is 2. The van der Waals surface area contributed by atoms with E-state index in [1.54, 1.807) is 31.9 Å². The number of aromatic nitrogens is 4. The molecule has 224 valence electrons. The van der Waals surface area contributed by atoms with Gasteiger partial charge in [0, 0.05) is 11.0 Å². The summed E-state index contributed by atoms with van der Waals surface area (Å²) in [6.45, 7) is 26.4. The van der Waals surface area contributed by atoms with Crippen molar-refractivity contribution in [2.24, 2.45) is 5.92 Å². The zero-order valence-electron chi connectivity index (χ0n) is 26.0. The van der Waals surface area contributed by atoms with E-state index in [1.807, 2.05) is 4.57 Å². The molecule has 4 rings (SSSR count). The van der Waals surface area contributed by atoms with Gasteiger partial charge in [-0.2, -0.15) is 4.98 Å². The number of amides is 1. The Morgan fingerprint density at radius 1 is 1.23 bits per heavy atom. The van der Waals surface area contributed by atoms with E-state index in [1.165, 1.54) is 0 Å². The molecule has 1 amide bonds. The molecule has 40 heavy (non-hydrogen) atoms. The number of fused-ring (bicyclic) bond motifs is 2. The highest BCUT2D eigenvalue weighted by molar-refractivity contribution is 8.00. The van der Waals surface area contributed by atoms with Crippen LogP contribution < -0.4 is 10.9 Å². The minimum Gasteiger partial charge on any atom is -0.408 e. The van der Waals surface area contributed by atoms with Gasteiger partial charge in [-0.25, -0.2) is 4.98 Å². The third-order valence-corrected chi connectivity index (χ3v) is 19.4. The van der Waals surface area contributed by atoms with Crippen molar-refractivity contribution in [2.75, 3.05) is 11.9 Å². The van der Waals surface area contributed by atoms with Gasteiger partial charge in [0.05, 0.1) is 24.3 Å². The van der Waals surface area contributed by atoms with E-state index in [-0.39, 0.29) is 61.7 Å². The zero-order chi connectivity index (χ0) is 30.0. The van der Waals surface area contributed by atoms with Crippen molar-refractivity contribution in [3.05, 3.63) is 16.7 Å². The normalized spacial score (nSPS) is 27.9. The molecule has 0 saturated carbocycles. The lowest BCUT2D eigenvalue weighted by Gasteiger charge is -2.51. The third-order valence-electron chi connectivity index (χ3n) is 8.57. The van der Waals surface area contributed by atoms with Crippen molar-refractivity contribution in [3.8, 4) is 0 Å². The second kappa shape index (κ2) is 10.6. The number of carbonyl (C=O) groups excluding carboxylic acids is 1. The maximum atomic E-state index is 12.9. The Morgan fingerprint density at radius 2 is 1.88 bits per heavy atom. The zero-order valence-corrected chi connectivity index (χ0v) is 28.9. The molecular formula is C27H47N5O5SSi2. The Morgan fingerprint density at radius 3 is 2.42 bits per heavy atom. The second-order valence-corrected chi connectivity index (χ2v) is 24.9. The maximum Gasteiger partial charge on any atom is 0.346 e. The van der Waals surface area contributed by atoms with Crippen molar-refractivity contribution in [1.29, 1.82) is 0 Å². The van der Waals surface area contributed by atoms with E-state index >= 15 is 0 Å². The number of anilines is 1. The summed E-state index contributed by atoms with van der Waals surface area (Å²) in [6, 6.07) is 0. The Balaban J connectivity index is 1.82. The SMILES string of the molecule is CC(C)C(=O)Nc1nc2c(ncn2[C@@H]2S[C@@H]3CO[Si](C(C)C)(C(C)(C)C)O[C@H]3[C@H]2O[Si](C)(C)C(C)(C)C)c(=O)[nH]1. The number of nitrogens with one attached hydrogen (secondary N) is 2. The number of carbonyl (C=O) groups is 1. The Hall–Kier alpha value is -1.52. The number of nitrogens with zero attached hydrogens (tertiary/aromatic N) is 3. The summed E-state index contributed by atoms with van der Waals surface area (Å²) in [5.74, 6) is -0.373. The molecule has 13 heteroatoms. The predicted molar refractivity (Wildman–Crippen MR) is 165 cm³/mol. The monoisotopic (exact) mass is 609 g/mol. The Labute approximate surface area is 244 Å². The van der Waals surface area contributed by atoms with Crippen LogP contribution in [-0.4, -0.2) is 66.4 Å². The summed E-state index contributed by atoms with van der Waals surface area (Å²) in [7, 11) is -4.89. The van der Waals surface area contributed by atoms with Crippen LogP contribution in [0.4, 0.5) is 5.95 Å². The highest BCUT2D eigenvalue weighted by atomic mass is 32.2. The summed E-state index contributed by atoms with van der Waals surface area (Å²) >= 11 is 1.73. The largest absolute Gasteiger partial charge is 0.408 e. The molecule has 1 unspecified atom stereocenters. The van der Waals surface area contributed by atoms with Crippen LogP contribution in [-0.2, 0) is 18.1 Å². The first-order valence-electron chi connectivity index (χ1n) is 14.2. The molecule has 0 aromatic carbocycles. The van der Waals surface area contributed by atoms with Crippen molar-refractivity contribution in [3.63, 3.8) is 0 Å². The minimum absolute atomic E-state index is 0.0111. The van der Waals surface area contributed by atoms with Crippen LogP contribution in [0.15, 0.2) is 11.1 Å². The summed E-state index contributed by atoms with van der Waals surface area (Å²) in [5, 5.41) is 2.40. The van der Waals surface area contributed by atoms with Crippen LogP contribution in [0, 0.1) is 5.92 Å². The van der Waals surface area contributed by atoms with Gasteiger partial charge in [-0.15, -0.1) is 11.8 Å². The molecule has 2 aliphatic rings. The summed E-state index contributed by atoms with van der Waals surface area (Å²) in [4.78, 5) is 37.1. The van der Waals surface area contributed by atoms with E-state index in [0.717, 1.165) is 0 Å². The molecular weight excluding hydrogens is 563 g/mol. The highest BCUT2D eigenvalue weighted by Crippen LogP contribution is 2.56. The summed E-state index contributed by atoms with van der Waals surface area (Å²) in [6.07, 6.45) is 1.20. The van der Waals surface area contributed by atoms with Gasteiger partial charge in [-0.3, -0.25) is 24.5 Å². The van der Waals surface area contributed by atoms with Gasteiger partial charge in [-0.1, -0.05) is 69.2 Å². The lowest BCUT2D eigenvalue weighted by molar-refractivity contribution is -0.118. The van der Waals surface area contributed by atoms with Gasteiger partial charge in [0.15, 0.2) is 19.5 Å². The molecule has 0 radical (unpaired) electrons.